The van der Waals surface area contributed by atoms with Crippen molar-refractivity contribution in [3.8, 4) is 0 Å². The Hall–Kier alpha value is -2.86. The molecule has 0 amide bonds. The fourth-order valence-corrected chi connectivity index (χ4v) is 4.14. The highest BCUT2D eigenvalue weighted by Gasteiger charge is 2.73. The Balaban J connectivity index is 2.13. The maximum Gasteiger partial charge on any atom is 0.435 e. The molecule has 5 nitrogen and oxygen atoms in total. The monoisotopic (exact) mass is 507 g/mol. The van der Waals surface area contributed by atoms with Gasteiger partial charge in [0.1, 0.15) is 6.17 Å². The number of benzene rings is 2. The van der Waals surface area contributed by atoms with Crippen LogP contribution in [0.5, 0.6) is 0 Å². The van der Waals surface area contributed by atoms with Crippen molar-refractivity contribution in [1.29, 1.82) is 0 Å². The molecular weight excluding hydrogens is 483 g/mol. The molecule has 1 aliphatic rings. The van der Waals surface area contributed by atoms with Crippen molar-refractivity contribution in [2.45, 2.75) is 44.2 Å². The van der Waals surface area contributed by atoms with E-state index in [1.54, 1.807) is 25.1 Å². The number of aryl methyl sites for hydroxylation is 1. The van der Waals surface area contributed by atoms with Gasteiger partial charge in [0.15, 0.2) is 6.29 Å². The zero-order valence-corrected chi connectivity index (χ0v) is 18.9. The lowest BCUT2D eigenvalue weighted by Gasteiger charge is -2.44. The third kappa shape index (κ3) is 4.94. The smallest absolute Gasteiger partial charge is 0.399 e. The first kappa shape index (κ1) is 26.7. The molecule has 0 bridgehead atoms. The summed E-state index contributed by atoms with van der Waals surface area (Å²) in [6.45, 7) is 1.98. The maximum atomic E-state index is 14.7. The number of rotatable bonds is 7. The summed E-state index contributed by atoms with van der Waals surface area (Å²) in [5.74, 6) is 0. The topological polar surface area (TPSA) is 58.8 Å². The van der Waals surface area contributed by atoms with Crippen molar-refractivity contribution < 1.29 is 40.3 Å². The molecule has 0 saturated carbocycles. The van der Waals surface area contributed by atoms with Crippen LogP contribution in [0.25, 0.3) is 0 Å². The van der Waals surface area contributed by atoms with E-state index >= 15 is 0 Å². The molecule has 0 radical (unpaired) electrons. The quantitative estimate of drug-likeness (QED) is 0.330. The molecule has 12 heteroatoms. The number of hydrogen-bond donors (Lipinski definition) is 1. The molecule has 2 aromatic rings. The molecule has 0 aromatic heterocycles. The van der Waals surface area contributed by atoms with Crippen molar-refractivity contribution in [2.24, 2.45) is 0 Å². The van der Waals surface area contributed by atoms with Crippen LogP contribution in [0.2, 0.25) is 0 Å². The van der Waals surface area contributed by atoms with Gasteiger partial charge in [-0.1, -0.05) is 18.2 Å². The van der Waals surface area contributed by atoms with Crippen molar-refractivity contribution in [1.82, 2.24) is 4.90 Å². The number of alkyl halides is 7. The normalized spacial score (nSPS) is 17.4. The van der Waals surface area contributed by atoms with Crippen LogP contribution in [-0.4, -0.2) is 50.0 Å². The Morgan fingerprint density at radius 1 is 1.06 bits per heavy atom. The first-order chi connectivity index (χ1) is 16.2. The van der Waals surface area contributed by atoms with E-state index in [0.29, 0.717) is 29.7 Å². The van der Waals surface area contributed by atoms with Crippen molar-refractivity contribution in [3.63, 3.8) is 0 Å². The van der Waals surface area contributed by atoms with E-state index in [4.69, 9.17) is 10.5 Å². The van der Waals surface area contributed by atoms with E-state index in [1.807, 2.05) is 0 Å². The number of nitrogens with two attached hydrogens (primary N) is 1. The number of hydrogen-bond acceptors (Lipinski definition) is 5. The van der Waals surface area contributed by atoms with Crippen LogP contribution in [0, 0.1) is 6.92 Å². The minimum Gasteiger partial charge on any atom is -0.399 e. The molecule has 192 valence electrons. The summed E-state index contributed by atoms with van der Waals surface area (Å²) in [6, 6.07) is 7.14. The van der Waals surface area contributed by atoms with Crippen LogP contribution in [0.3, 0.4) is 0 Å². The minimum atomic E-state index is -6.23. The van der Waals surface area contributed by atoms with Crippen molar-refractivity contribution in [3.05, 3.63) is 58.7 Å². The number of carbonyl (C=O) groups excluding carboxylic acids is 1. The Morgan fingerprint density at radius 3 is 2.26 bits per heavy atom. The number of carbonyl (C=O) groups is 1. The van der Waals surface area contributed by atoms with Crippen LogP contribution in [0.1, 0.15) is 22.3 Å². The van der Waals surface area contributed by atoms with E-state index in [0.717, 1.165) is 11.6 Å². The predicted molar refractivity (Wildman–Crippen MR) is 115 cm³/mol. The number of fused-ring (bicyclic) bond motifs is 1. The summed E-state index contributed by atoms with van der Waals surface area (Å²) >= 11 is 0. The van der Waals surface area contributed by atoms with E-state index < -0.39 is 29.8 Å². The summed E-state index contributed by atoms with van der Waals surface area (Å²) < 4.78 is 99.7. The Kier molecular flexibility index (Phi) is 7.37. The first-order valence-corrected chi connectivity index (χ1v) is 10.5. The van der Waals surface area contributed by atoms with E-state index in [9.17, 15) is 35.5 Å². The average molecular weight is 507 g/mol. The van der Waals surface area contributed by atoms with Crippen LogP contribution in [-0.2, 0) is 28.3 Å². The van der Waals surface area contributed by atoms with E-state index in [-0.39, 0.29) is 37.5 Å². The van der Waals surface area contributed by atoms with Gasteiger partial charge in [0.05, 0.1) is 6.61 Å². The molecule has 1 atom stereocenters. The van der Waals surface area contributed by atoms with Gasteiger partial charge in [0.25, 0.3) is 0 Å². The van der Waals surface area contributed by atoms with Gasteiger partial charge in [0.2, 0.25) is 0 Å². The lowest BCUT2D eigenvalue weighted by atomic mass is 9.91. The molecule has 2 N–H and O–H groups in total. The van der Waals surface area contributed by atoms with Gasteiger partial charge in [0, 0.05) is 43.7 Å². The number of nitrogens with zero attached hydrogens (tertiary/aromatic N) is 2. The van der Waals surface area contributed by atoms with Crippen molar-refractivity contribution in [2.75, 3.05) is 30.9 Å². The van der Waals surface area contributed by atoms with Crippen LogP contribution in [0.4, 0.5) is 42.1 Å². The highest BCUT2D eigenvalue weighted by Crippen LogP contribution is 2.54. The molecule has 3 rings (SSSR count). The molecule has 1 unspecified atom stereocenters. The number of anilines is 2. The zero-order valence-electron chi connectivity index (χ0n) is 18.9. The molecule has 1 heterocycles. The van der Waals surface area contributed by atoms with E-state index in [2.05, 4.69) is 0 Å². The molecular formula is C23H24F7N3O2. The van der Waals surface area contributed by atoms with Gasteiger partial charge in [-0.05, 0) is 41.8 Å². The average Bonchev–Trinajstić information content (AvgIpc) is 2.77. The summed E-state index contributed by atoms with van der Waals surface area (Å²) in [4.78, 5) is 15.1. The lowest BCUT2D eigenvalue weighted by molar-refractivity contribution is -0.348. The third-order valence-electron chi connectivity index (χ3n) is 6.03. The zero-order chi connectivity index (χ0) is 26.2. The summed E-state index contributed by atoms with van der Waals surface area (Å²) in [6.07, 6.45) is -12.7. The predicted octanol–water partition coefficient (Wildman–Crippen LogP) is 4.86. The number of halogens is 7. The number of methoxy groups -OCH3 is 1. The SMILES string of the molecule is COCCN1Cc2cc(C(F)(C(F)(F)F)C(F)(F)F)ccc2N(Cc2ccc(N)c(C)c2)C1C=O. The summed E-state index contributed by atoms with van der Waals surface area (Å²) in [5, 5.41) is 0. The number of nitrogen functional groups attached to an aromatic ring is 1. The van der Waals surface area contributed by atoms with Gasteiger partial charge >= 0.3 is 18.0 Å². The number of ether oxygens (including phenoxy) is 1. The van der Waals surface area contributed by atoms with Crippen LogP contribution >= 0.6 is 0 Å². The lowest BCUT2D eigenvalue weighted by Crippen LogP contribution is -2.54. The highest BCUT2D eigenvalue weighted by molar-refractivity contribution is 5.70. The molecule has 0 saturated heterocycles. The summed E-state index contributed by atoms with van der Waals surface area (Å²) in [7, 11) is 1.41. The number of aldehydes is 1. The largest absolute Gasteiger partial charge is 0.435 e. The van der Waals surface area contributed by atoms with Gasteiger partial charge in [-0.15, -0.1) is 0 Å². The third-order valence-corrected chi connectivity index (χ3v) is 6.03. The second-order valence-electron chi connectivity index (χ2n) is 8.33. The molecule has 2 aromatic carbocycles. The minimum absolute atomic E-state index is 0.0133. The van der Waals surface area contributed by atoms with Gasteiger partial charge in [-0.25, -0.2) is 4.39 Å². The van der Waals surface area contributed by atoms with E-state index in [1.165, 1.54) is 16.9 Å². The standard InChI is InChI=1S/C23H24F7N3O2/c1-14-9-15(3-5-18(14)31)11-33-19-6-4-17(21(24,22(25,26)27)23(28,29)30)10-16(19)12-32(7-8-35-2)20(33)13-34/h3-6,9-10,13,20H,7-8,11-12,31H2,1-2H3. The molecule has 1 aliphatic heterocycles. The van der Waals surface area contributed by atoms with Crippen LogP contribution < -0.4 is 10.6 Å². The second kappa shape index (κ2) is 9.65. The Morgan fingerprint density at radius 2 is 1.71 bits per heavy atom. The fraction of sp³-hybridized carbons (Fsp3) is 0.435. The molecule has 0 spiro atoms. The second-order valence-corrected chi connectivity index (χ2v) is 8.33. The van der Waals surface area contributed by atoms with Gasteiger partial charge in [-0.2, -0.15) is 26.3 Å². The molecule has 35 heavy (non-hydrogen) atoms. The van der Waals surface area contributed by atoms with Gasteiger partial charge < -0.3 is 15.4 Å². The highest BCUT2D eigenvalue weighted by atomic mass is 19.4. The Bertz CT molecular complexity index is 1060. The fourth-order valence-electron chi connectivity index (χ4n) is 4.14. The first-order valence-electron chi connectivity index (χ1n) is 10.5. The maximum absolute atomic E-state index is 14.7. The Labute approximate surface area is 197 Å². The molecule has 0 aliphatic carbocycles. The van der Waals surface area contributed by atoms with Crippen LogP contribution in [0.15, 0.2) is 36.4 Å². The van der Waals surface area contributed by atoms with Crippen molar-refractivity contribution >= 4 is 17.7 Å². The molecule has 0 fully saturated rings. The van der Waals surface area contributed by atoms with Gasteiger partial charge in [-0.3, -0.25) is 9.69 Å². The summed E-state index contributed by atoms with van der Waals surface area (Å²) in [5.41, 5.74) is 0.953.